The number of hydrogen-bond acceptors (Lipinski definition) is 3. The van der Waals surface area contributed by atoms with Crippen LogP contribution >= 0.6 is 0 Å². The number of nitrogens with zero attached hydrogens (tertiary/aromatic N) is 1. The van der Waals surface area contributed by atoms with Crippen LogP contribution in [0.1, 0.15) is 32.6 Å². The second-order valence-corrected chi connectivity index (χ2v) is 6.85. The third kappa shape index (κ3) is 4.55. The van der Waals surface area contributed by atoms with Gasteiger partial charge in [0.1, 0.15) is 0 Å². The van der Waals surface area contributed by atoms with Gasteiger partial charge in [0.05, 0.1) is 6.42 Å². The lowest BCUT2D eigenvalue weighted by Gasteiger charge is -2.20. The van der Waals surface area contributed by atoms with Gasteiger partial charge in [-0.2, -0.15) is 12.7 Å². The molecule has 106 valence electrons. The topological polar surface area (TPSA) is 86.7 Å². The average Bonchev–Trinajstić information content (AvgIpc) is 2.69. The Balaban J connectivity index is 2.41. The smallest absolute Gasteiger partial charge is 0.304 e. The summed E-state index contributed by atoms with van der Waals surface area (Å²) >= 11 is 0. The zero-order valence-electron chi connectivity index (χ0n) is 10.9. The van der Waals surface area contributed by atoms with Crippen LogP contribution in [0.25, 0.3) is 0 Å². The molecule has 0 amide bonds. The lowest BCUT2D eigenvalue weighted by Crippen LogP contribution is -2.41. The van der Waals surface area contributed by atoms with Gasteiger partial charge in [-0.05, 0) is 18.3 Å². The number of hydrogen-bond donors (Lipinski definition) is 2. The molecule has 2 unspecified atom stereocenters. The van der Waals surface area contributed by atoms with Gasteiger partial charge in [0, 0.05) is 20.1 Å². The van der Waals surface area contributed by atoms with E-state index < -0.39 is 16.2 Å². The zero-order chi connectivity index (χ0) is 13.8. The molecule has 6 nitrogen and oxygen atoms in total. The SMILES string of the molecule is CC1CCCC1CNS(=O)(=O)N(C)CCC(=O)O. The van der Waals surface area contributed by atoms with E-state index >= 15 is 0 Å². The van der Waals surface area contributed by atoms with Crippen LogP contribution in [-0.4, -0.2) is 43.9 Å². The predicted octanol–water partition coefficient (Wildman–Crippen LogP) is 0.664. The Kier molecular flexibility index (Phi) is 5.55. The Labute approximate surface area is 109 Å². The first-order chi connectivity index (χ1) is 8.33. The van der Waals surface area contributed by atoms with Crippen LogP contribution < -0.4 is 4.72 Å². The van der Waals surface area contributed by atoms with Crippen molar-refractivity contribution in [3.8, 4) is 0 Å². The standard InChI is InChI=1S/C11H22N2O4S/c1-9-4-3-5-10(9)8-12-18(16,17)13(2)7-6-11(14)15/h9-10,12H,3-8H2,1-2H3,(H,14,15). The Morgan fingerprint density at radius 2 is 2.11 bits per heavy atom. The molecule has 2 atom stereocenters. The van der Waals surface area contributed by atoms with Crippen molar-refractivity contribution >= 4 is 16.2 Å². The minimum absolute atomic E-state index is 0.00904. The summed E-state index contributed by atoms with van der Waals surface area (Å²) in [6, 6.07) is 0. The molecular formula is C11H22N2O4S. The molecule has 1 aliphatic carbocycles. The fourth-order valence-electron chi connectivity index (χ4n) is 2.22. The van der Waals surface area contributed by atoms with Crippen LogP contribution in [0.4, 0.5) is 0 Å². The van der Waals surface area contributed by atoms with Crippen molar-refractivity contribution in [2.45, 2.75) is 32.6 Å². The lowest BCUT2D eigenvalue weighted by molar-refractivity contribution is -0.137. The van der Waals surface area contributed by atoms with Crippen LogP contribution in [-0.2, 0) is 15.0 Å². The van der Waals surface area contributed by atoms with Crippen LogP contribution in [0.2, 0.25) is 0 Å². The van der Waals surface area contributed by atoms with E-state index in [1.165, 1.54) is 7.05 Å². The molecule has 1 fully saturated rings. The van der Waals surface area contributed by atoms with E-state index in [9.17, 15) is 13.2 Å². The fraction of sp³-hybridized carbons (Fsp3) is 0.909. The average molecular weight is 278 g/mol. The van der Waals surface area contributed by atoms with Gasteiger partial charge in [-0.3, -0.25) is 4.79 Å². The van der Waals surface area contributed by atoms with Crippen LogP contribution in [0, 0.1) is 11.8 Å². The van der Waals surface area contributed by atoms with Crippen molar-refractivity contribution < 1.29 is 18.3 Å². The molecule has 0 aromatic carbocycles. The Bertz CT molecular complexity index is 383. The molecule has 0 aromatic heterocycles. The number of carbonyl (C=O) groups is 1. The second-order valence-electron chi connectivity index (χ2n) is 4.99. The lowest BCUT2D eigenvalue weighted by atomic mass is 9.99. The van der Waals surface area contributed by atoms with Crippen molar-refractivity contribution in [1.29, 1.82) is 0 Å². The Hall–Kier alpha value is -0.660. The maximum atomic E-state index is 11.8. The maximum absolute atomic E-state index is 11.8. The van der Waals surface area contributed by atoms with Crippen molar-refractivity contribution in [3.05, 3.63) is 0 Å². The van der Waals surface area contributed by atoms with E-state index in [1.807, 2.05) is 0 Å². The van der Waals surface area contributed by atoms with Gasteiger partial charge in [-0.25, -0.2) is 4.72 Å². The first kappa shape index (κ1) is 15.4. The van der Waals surface area contributed by atoms with Gasteiger partial charge in [-0.15, -0.1) is 0 Å². The van der Waals surface area contributed by atoms with E-state index in [2.05, 4.69) is 11.6 Å². The summed E-state index contributed by atoms with van der Waals surface area (Å²) in [4.78, 5) is 10.4. The summed E-state index contributed by atoms with van der Waals surface area (Å²) < 4.78 is 27.3. The number of rotatable bonds is 7. The third-order valence-corrected chi connectivity index (χ3v) is 5.15. The van der Waals surface area contributed by atoms with E-state index in [0.29, 0.717) is 18.4 Å². The molecule has 0 heterocycles. The normalized spacial score (nSPS) is 24.6. The summed E-state index contributed by atoms with van der Waals surface area (Å²) in [5.74, 6) is -0.0499. The number of carboxylic acids is 1. The monoisotopic (exact) mass is 278 g/mol. The van der Waals surface area contributed by atoms with Gasteiger partial charge in [-0.1, -0.05) is 19.8 Å². The van der Waals surface area contributed by atoms with Gasteiger partial charge < -0.3 is 5.11 Å². The summed E-state index contributed by atoms with van der Waals surface area (Å²) in [6.45, 7) is 2.58. The highest BCUT2D eigenvalue weighted by Gasteiger charge is 2.26. The summed E-state index contributed by atoms with van der Waals surface area (Å²) in [6.07, 6.45) is 3.18. The summed E-state index contributed by atoms with van der Waals surface area (Å²) in [5, 5.41) is 8.52. The first-order valence-corrected chi connectivity index (χ1v) is 7.69. The largest absolute Gasteiger partial charge is 0.481 e. The van der Waals surface area contributed by atoms with Crippen LogP contribution in [0.3, 0.4) is 0 Å². The molecular weight excluding hydrogens is 256 g/mol. The van der Waals surface area contributed by atoms with Crippen molar-refractivity contribution in [2.24, 2.45) is 11.8 Å². The quantitative estimate of drug-likeness (QED) is 0.716. The molecule has 2 N–H and O–H groups in total. The molecule has 1 rings (SSSR count). The summed E-state index contributed by atoms with van der Waals surface area (Å²) in [7, 11) is -2.15. The molecule has 0 radical (unpaired) electrons. The molecule has 18 heavy (non-hydrogen) atoms. The highest BCUT2D eigenvalue weighted by Crippen LogP contribution is 2.30. The van der Waals surface area contributed by atoms with E-state index in [1.54, 1.807) is 0 Å². The first-order valence-electron chi connectivity index (χ1n) is 6.25. The molecule has 0 aliphatic heterocycles. The number of aliphatic carboxylic acids is 1. The third-order valence-electron chi connectivity index (χ3n) is 3.62. The summed E-state index contributed by atoms with van der Waals surface area (Å²) in [5.41, 5.74) is 0. The highest BCUT2D eigenvalue weighted by atomic mass is 32.2. The molecule has 1 saturated carbocycles. The van der Waals surface area contributed by atoms with E-state index in [4.69, 9.17) is 5.11 Å². The fourth-order valence-corrected chi connectivity index (χ4v) is 3.20. The van der Waals surface area contributed by atoms with Crippen molar-refractivity contribution in [2.75, 3.05) is 20.1 Å². The number of carboxylic acid groups (broad SMARTS) is 1. The molecule has 1 aliphatic rings. The maximum Gasteiger partial charge on any atom is 0.304 e. The molecule has 7 heteroatoms. The van der Waals surface area contributed by atoms with Gasteiger partial charge in [0.25, 0.3) is 10.2 Å². The molecule has 0 aromatic rings. The zero-order valence-corrected chi connectivity index (χ0v) is 11.7. The molecule has 0 bridgehead atoms. The van der Waals surface area contributed by atoms with Gasteiger partial charge >= 0.3 is 5.97 Å². The van der Waals surface area contributed by atoms with Gasteiger partial charge in [0.15, 0.2) is 0 Å². The van der Waals surface area contributed by atoms with Crippen LogP contribution in [0.15, 0.2) is 0 Å². The molecule has 0 spiro atoms. The predicted molar refractivity (Wildman–Crippen MR) is 68.3 cm³/mol. The van der Waals surface area contributed by atoms with Crippen molar-refractivity contribution in [1.82, 2.24) is 9.03 Å². The van der Waals surface area contributed by atoms with Crippen LogP contribution in [0.5, 0.6) is 0 Å². The second kappa shape index (κ2) is 6.49. The highest BCUT2D eigenvalue weighted by molar-refractivity contribution is 7.87. The minimum Gasteiger partial charge on any atom is -0.481 e. The van der Waals surface area contributed by atoms with E-state index in [0.717, 1.165) is 23.6 Å². The van der Waals surface area contributed by atoms with Crippen molar-refractivity contribution in [3.63, 3.8) is 0 Å². The van der Waals surface area contributed by atoms with Gasteiger partial charge in [0.2, 0.25) is 0 Å². The van der Waals surface area contributed by atoms with E-state index in [-0.39, 0.29) is 13.0 Å². The molecule has 0 saturated heterocycles. The number of nitrogens with one attached hydrogen (secondary N) is 1. The minimum atomic E-state index is -3.55. The Morgan fingerprint density at radius 1 is 1.44 bits per heavy atom. The Morgan fingerprint density at radius 3 is 2.61 bits per heavy atom.